The molecular formula is C16H24N2O3. The van der Waals surface area contributed by atoms with Crippen molar-refractivity contribution in [2.24, 2.45) is 5.92 Å². The summed E-state index contributed by atoms with van der Waals surface area (Å²) in [5, 5.41) is 2.73. The maximum atomic E-state index is 12.3. The van der Waals surface area contributed by atoms with E-state index in [0.29, 0.717) is 17.7 Å². The molecule has 0 saturated carbocycles. The van der Waals surface area contributed by atoms with E-state index in [0.717, 1.165) is 11.1 Å². The predicted octanol–water partition coefficient (Wildman–Crippen LogP) is 2.20. The molecule has 0 spiro atoms. The SMILES string of the molecule is COC(=O)[C@@H](CC(C)C)NC(=O)c1cc(C)c(N)c(C)c1. The summed E-state index contributed by atoms with van der Waals surface area (Å²) in [5.41, 5.74) is 8.75. The number of carbonyl (C=O) groups excluding carboxylic acids is 2. The van der Waals surface area contributed by atoms with Crippen molar-refractivity contribution < 1.29 is 14.3 Å². The van der Waals surface area contributed by atoms with E-state index in [1.54, 1.807) is 12.1 Å². The van der Waals surface area contributed by atoms with E-state index >= 15 is 0 Å². The van der Waals surface area contributed by atoms with Crippen LogP contribution < -0.4 is 11.1 Å². The molecule has 116 valence electrons. The van der Waals surface area contributed by atoms with Gasteiger partial charge in [-0.25, -0.2) is 4.79 Å². The number of benzene rings is 1. The Morgan fingerprint density at radius 2 is 1.76 bits per heavy atom. The van der Waals surface area contributed by atoms with Gasteiger partial charge < -0.3 is 15.8 Å². The van der Waals surface area contributed by atoms with Gasteiger partial charge in [-0.15, -0.1) is 0 Å². The third kappa shape index (κ3) is 4.48. The molecule has 5 heteroatoms. The van der Waals surface area contributed by atoms with Crippen molar-refractivity contribution in [1.29, 1.82) is 0 Å². The molecule has 1 aromatic rings. The number of aryl methyl sites for hydroxylation is 2. The van der Waals surface area contributed by atoms with Crippen LogP contribution in [0.4, 0.5) is 5.69 Å². The molecule has 1 aromatic carbocycles. The van der Waals surface area contributed by atoms with Crippen LogP contribution in [-0.2, 0) is 9.53 Å². The average Bonchev–Trinajstić information content (AvgIpc) is 2.41. The number of hydrogen-bond donors (Lipinski definition) is 2. The molecule has 0 bridgehead atoms. The zero-order valence-corrected chi connectivity index (χ0v) is 13.3. The number of nitrogen functional groups attached to an aromatic ring is 1. The number of amides is 1. The fraction of sp³-hybridized carbons (Fsp3) is 0.500. The van der Waals surface area contributed by atoms with E-state index < -0.39 is 12.0 Å². The molecule has 1 amide bonds. The Bertz CT molecular complexity index is 515. The minimum atomic E-state index is -0.638. The summed E-state index contributed by atoms with van der Waals surface area (Å²) in [5.74, 6) is -0.456. The van der Waals surface area contributed by atoms with Crippen LogP contribution in [0.3, 0.4) is 0 Å². The first-order valence-electron chi connectivity index (χ1n) is 7.01. The number of ether oxygens (including phenoxy) is 1. The Hall–Kier alpha value is -2.04. The first-order valence-corrected chi connectivity index (χ1v) is 7.01. The summed E-state index contributed by atoms with van der Waals surface area (Å²) in [6, 6.07) is 2.81. The first-order chi connectivity index (χ1) is 9.76. The third-order valence-electron chi connectivity index (χ3n) is 3.35. The number of rotatable bonds is 5. The number of hydrogen-bond acceptors (Lipinski definition) is 4. The van der Waals surface area contributed by atoms with E-state index in [1.807, 2.05) is 27.7 Å². The van der Waals surface area contributed by atoms with E-state index in [-0.39, 0.29) is 11.8 Å². The normalized spacial score (nSPS) is 12.1. The lowest BCUT2D eigenvalue weighted by atomic mass is 10.0. The van der Waals surface area contributed by atoms with Gasteiger partial charge >= 0.3 is 5.97 Å². The highest BCUT2D eigenvalue weighted by atomic mass is 16.5. The topological polar surface area (TPSA) is 81.4 Å². The Labute approximate surface area is 125 Å². The maximum Gasteiger partial charge on any atom is 0.328 e. The van der Waals surface area contributed by atoms with Crippen LogP contribution in [0, 0.1) is 19.8 Å². The molecule has 0 aliphatic heterocycles. The third-order valence-corrected chi connectivity index (χ3v) is 3.35. The fourth-order valence-electron chi connectivity index (χ4n) is 2.18. The Morgan fingerprint density at radius 1 is 1.24 bits per heavy atom. The molecule has 21 heavy (non-hydrogen) atoms. The predicted molar refractivity (Wildman–Crippen MR) is 83.1 cm³/mol. The van der Waals surface area contributed by atoms with E-state index in [2.05, 4.69) is 5.32 Å². The zero-order chi connectivity index (χ0) is 16.2. The van der Waals surface area contributed by atoms with Crippen LogP contribution in [0.2, 0.25) is 0 Å². The molecular weight excluding hydrogens is 268 g/mol. The standard InChI is InChI=1S/C16H24N2O3/c1-9(2)6-13(16(20)21-5)18-15(19)12-7-10(3)14(17)11(4)8-12/h7-9,13H,6,17H2,1-5H3,(H,18,19)/t13-/m1/s1. The second kappa shape index (κ2) is 7.11. The van der Waals surface area contributed by atoms with Gasteiger partial charge in [-0.1, -0.05) is 13.8 Å². The number of anilines is 1. The lowest BCUT2D eigenvalue weighted by Crippen LogP contribution is -2.42. The van der Waals surface area contributed by atoms with Gasteiger partial charge in [0.2, 0.25) is 0 Å². The number of nitrogens with one attached hydrogen (secondary N) is 1. The van der Waals surface area contributed by atoms with Crippen LogP contribution in [0.25, 0.3) is 0 Å². The van der Waals surface area contributed by atoms with Crippen LogP contribution in [0.15, 0.2) is 12.1 Å². The molecule has 1 atom stereocenters. The minimum absolute atomic E-state index is 0.268. The van der Waals surface area contributed by atoms with Gasteiger partial charge in [0.15, 0.2) is 0 Å². The van der Waals surface area contributed by atoms with Crippen LogP contribution in [0.1, 0.15) is 41.8 Å². The van der Waals surface area contributed by atoms with Crippen molar-refractivity contribution >= 4 is 17.6 Å². The summed E-state index contributed by atoms with van der Waals surface area (Å²) in [6.45, 7) is 7.68. The highest BCUT2D eigenvalue weighted by Gasteiger charge is 2.23. The smallest absolute Gasteiger partial charge is 0.328 e. The highest BCUT2D eigenvalue weighted by molar-refractivity contribution is 5.97. The second-order valence-corrected chi connectivity index (χ2v) is 5.70. The molecule has 5 nitrogen and oxygen atoms in total. The number of methoxy groups -OCH3 is 1. The summed E-state index contributed by atoms with van der Waals surface area (Å²) >= 11 is 0. The van der Waals surface area contributed by atoms with Crippen molar-refractivity contribution in [1.82, 2.24) is 5.32 Å². The number of esters is 1. The average molecular weight is 292 g/mol. The van der Waals surface area contributed by atoms with Crippen molar-refractivity contribution in [2.45, 2.75) is 40.2 Å². The molecule has 0 aliphatic rings. The first kappa shape index (κ1) is 17.0. The summed E-state index contributed by atoms with van der Waals surface area (Å²) < 4.78 is 4.74. The molecule has 3 N–H and O–H groups in total. The van der Waals surface area contributed by atoms with E-state index in [9.17, 15) is 9.59 Å². The highest BCUT2D eigenvalue weighted by Crippen LogP contribution is 2.19. The maximum absolute atomic E-state index is 12.3. The van der Waals surface area contributed by atoms with E-state index in [1.165, 1.54) is 7.11 Å². The summed E-state index contributed by atoms with van der Waals surface area (Å²) in [7, 11) is 1.32. The molecule has 0 fully saturated rings. The number of carbonyl (C=O) groups is 2. The van der Waals surface area contributed by atoms with E-state index in [4.69, 9.17) is 10.5 Å². The second-order valence-electron chi connectivity index (χ2n) is 5.70. The van der Waals surface area contributed by atoms with Crippen molar-refractivity contribution in [3.05, 3.63) is 28.8 Å². The lowest BCUT2D eigenvalue weighted by Gasteiger charge is -2.19. The van der Waals surface area contributed by atoms with Crippen molar-refractivity contribution in [3.8, 4) is 0 Å². The quantitative estimate of drug-likeness (QED) is 0.644. The Balaban J connectivity index is 2.94. The van der Waals surface area contributed by atoms with Gasteiger partial charge in [0.25, 0.3) is 5.91 Å². The molecule has 0 radical (unpaired) electrons. The fourth-order valence-corrected chi connectivity index (χ4v) is 2.18. The van der Waals surface area contributed by atoms with Gasteiger partial charge in [0.05, 0.1) is 7.11 Å². The summed E-state index contributed by atoms with van der Waals surface area (Å²) in [6.07, 6.45) is 0.533. The molecule has 0 heterocycles. The summed E-state index contributed by atoms with van der Waals surface area (Å²) in [4.78, 5) is 24.1. The van der Waals surface area contributed by atoms with Crippen molar-refractivity contribution in [3.63, 3.8) is 0 Å². The molecule has 0 saturated heterocycles. The van der Waals surface area contributed by atoms with Gasteiger partial charge in [0, 0.05) is 11.3 Å². The molecule has 0 aliphatic carbocycles. The van der Waals surface area contributed by atoms with Gasteiger partial charge in [0.1, 0.15) is 6.04 Å². The monoisotopic (exact) mass is 292 g/mol. The van der Waals surface area contributed by atoms with Gasteiger partial charge in [-0.05, 0) is 49.4 Å². The number of nitrogens with two attached hydrogens (primary N) is 1. The van der Waals surface area contributed by atoms with Crippen LogP contribution >= 0.6 is 0 Å². The lowest BCUT2D eigenvalue weighted by molar-refractivity contribution is -0.143. The molecule has 1 rings (SSSR count). The van der Waals surface area contributed by atoms with Crippen LogP contribution in [0.5, 0.6) is 0 Å². The zero-order valence-electron chi connectivity index (χ0n) is 13.3. The Morgan fingerprint density at radius 3 is 2.19 bits per heavy atom. The molecule has 0 unspecified atom stereocenters. The molecule has 0 aromatic heterocycles. The van der Waals surface area contributed by atoms with Gasteiger partial charge in [-0.2, -0.15) is 0 Å². The Kier molecular flexibility index (Phi) is 5.76. The van der Waals surface area contributed by atoms with Gasteiger partial charge in [-0.3, -0.25) is 4.79 Å². The largest absolute Gasteiger partial charge is 0.467 e. The van der Waals surface area contributed by atoms with Crippen LogP contribution in [-0.4, -0.2) is 25.0 Å². The van der Waals surface area contributed by atoms with Crippen molar-refractivity contribution in [2.75, 3.05) is 12.8 Å². The minimum Gasteiger partial charge on any atom is -0.467 e.